The van der Waals surface area contributed by atoms with Crippen molar-refractivity contribution in [3.8, 4) is 0 Å². The van der Waals surface area contributed by atoms with Crippen LogP contribution in [0, 0.1) is 23.6 Å². The molecular formula is C19H25FN2O. The zero-order valence-electron chi connectivity index (χ0n) is 13.6. The number of anilines is 2. The van der Waals surface area contributed by atoms with Crippen molar-refractivity contribution < 1.29 is 9.18 Å². The van der Waals surface area contributed by atoms with Gasteiger partial charge >= 0.3 is 0 Å². The Kier molecular flexibility index (Phi) is 4.00. The van der Waals surface area contributed by atoms with Crippen molar-refractivity contribution in [1.82, 2.24) is 0 Å². The maximum absolute atomic E-state index is 13.7. The summed E-state index contributed by atoms with van der Waals surface area (Å²) in [6, 6.07) is 4.79. The van der Waals surface area contributed by atoms with Crippen LogP contribution >= 0.6 is 0 Å². The molecule has 23 heavy (non-hydrogen) atoms. The van der Waals surface area contributed by atoms with Crippen LogP contribution in [-0.4, -0.2) is 19.0 Å². The molecule has 0 aromatic heterocycles. The van der Waals surface area contributed by atoms with E-state index in [1.165, 1.54) is 37.8 Å². The second-order valence-corrected chi connectivity index (χ2v) is 7.48. The number of nitrogens with one attached hydrogen (secondary N) is 1. The largest absolute Gasteiger partial charge is 0.370 e. The maximum Gasteiger partial charge on any atom is 0.227 e. The van der Waals surface area contributed by atoms with Gasteiger partial charge in [-0.3, -0.25) is 4.79 Å². The molecule has 2 aliphatic carbocycles. The number of hydrogen-bond acceptors (Lipinski definition) is 2. The molecule has 3 fully saturated rings. The average molecular weight is 316 g/mol. The van der Waals surface area contributed by atoms with Crippen LogP contribution in [0.3, 0.4) is 0 Å². The second kappa shape index (κ2) is 6.14. The van der Waals surface area contributed by atoms with Crippen LogP contribution in [0.5, 0.6) is 0 Å². The summed E-state index contributed by atoms with van der Waals surface area (Å²) in [4.78, 5) is 15.0. The summed E-state index contributed by atoms with van der Waals surface area (Å²) < 4.78 is 13.7. The smallest absolute Gasteiger partial charge is 0.227 e. The van der Waals surface area contributed by atoms with Gasteiger partial charge in [-0.1, -0.05) is 6.42 Å². The summed E-state index contributed by atoms with van der Waals surface area (Å²) in [7, 11) is 0. The summed E-state index contributed by atoms with van der Waals surface area (Å²) in [6.07, 6.45) is 8.28. The number of carbonyl (C=O) groups is 1. The Morgan fingerprint density at radius 1 is 1.13 bits per heavy atom. The number of nitrogens with zero attached hydrogens (tertiary/aromatic N) is 1. The highest BCUT2D eigenvalue weighted by Crippen LogP contribution is 2.48. The van der Waals surface area contributed by atoms with E-state index < -0.39 is 0 Å². The summed E-state index contributed by atoms with van der Waals surface area (Å²) in [5.41, 5.74) is 1.63. The second-order valence-electron chi connectivity index (χ2n) is 7.48. The van der Waals surface area contributed by atoms with E-state index in [1.807, 2.05) is 6.07 Å². The minimum absolute atomic E-state index is 0.0982. The molecule has 0 radical (unpaired) electrons. The first-order valence-corrected chi connectivity index (χ1v) is 9.06. The van der Waals surface area contributed by atoms with Gasteiger partial charge in [-0.05, 0) is 68.6 Å². The Balaban J connectivity index is 1.53. The molecule has 3 nitrogen and oxygen atoms in total. The first-order chi connectivity index (χ1) is 11.2. The lowest BCUT2D eigenvalue weighted by Crippen LogP contribution is -2.32. The van der Waals surface area contributed by atoms with Gasteiger partial charge in [-0.25, -0.2) is 4.39 Å². The molecule has 3 unspecified atom stereocenters. The normalized spacial score (nSPS) is 29.8. The van der Waals surface area contributed by atoms with Gasteiger partial charge in [0.25, 0.3) is 0 Å². The van der Waals surface area contributed by atoms with Crippen LogP contribution in [0.4, 0.5) is 15.8 Å². The van der Waals surface area contributed by atoms with Crippen molar-refractivity contribution in [2.24, 2.45) is 17.8 Å². The fourth-order valence-electron chi connectivity index (χ4n) is 4.81. The number of hydrogen-bond donors (Lipinski definition) is 1. The van der Waals surface area contributed by atoms with Crippen molar-refractivity contribution in [1.29, 1.82) is 0 Å². The molecule has 1 N–H and O–H groups in total. The summed E-state index contributed by atoms with van der Waals surface area (Å²) in [5, 5.41) is 3.05. The molecule has 1 heterocycles. The zero-order valence-corrected chi connectivity index (χ0v) is 13.6. The van der Waals surface area contributed by atoms with Crippen molar-refractivity contribution in [3.05, 3.63) is 24.0 Å². The molecule has 4 rings (SSSR count). The molecule has 2 bridgehead atoms. The third-order valence-corrected chi connectivity index (χ3v) is 5.99. The lowest BCUT2D eigenvalue weighted by Gasteiger charge is -2.31. The van der Waals surface area contributed by atoms with Gasteiger partial charge in [0, 0.05) is 19.0 Å². The van der Waals surface area contributed by atoms with Crippen molar-refractivity contribution in [2.75, 3.05) is 23.3 Å². The summed E-state index contributed by atoms with van der Waals surface area (Å²) in [6.45, 7) is 1.98. The SMILES string of the molecule is O=C(Nc1cc(F)ccc1N1CCCCC1)C1CC2CCC1C2. The molecule has 3 aliphatic rings. The number of fused-ring (bicyclic) bond motifs is 2. The maximum atomic E-state index is 13.7. The fourth-order valence-corrected chi connectivity index (χ4v) is 4.81. The van der Waals surface area contributed by atoms with Crippen LogP contribution in [0.15, 0.2) is 18.2 Å². The van der Waals surface area contributed by atoms with Crippen LogP contribution in [0.1, 0.15) is 44.9 Å². The first-order valence-electron chi connectivity index (χ1n) is 9.06. The van der Waals surface area contributed by atoms with Gasteiger partial charge in [0.2, 0.25) is 5.91 Å². The van der Waals surface area contributed by atoms with Gasteiger partial charge in [-0.15, -0.1) is 0 Å². The van der Waals surface area contributed by atoms with E-state index in [0.29, 0.717) is 11.6 Å². The van der Waals surface area contributed by atoms with Crippen molar-refractivity contribution in [3.63, 3.8) is 0 Å². The predicted molar refractivity (Wildman–Crippen MR) is 90.0 cm³/mol. The number of rotatable bonds is 3. The Hall–Kier alpha value is -1.58. The van der Waals surface area contributed by atoms with E-state index in [2.05, 4.69) is 10.2 Å². The highest BCUT2D eigenvalue weighted by molar-refractivity contribution is 5.96. The molecule has 1 aliphatic heterocycles. The minimum Gasteiger partial charge on any atom is -0.370 e. The minimum atomic E-state index is -0.283. The predicted octanol–water partition coefficient (Wildman–Crippen LogP) is 4.19. The third-order valence-electron chi connectivity index (χ3n) is 5.99. The Morgan fingerprint density at radius 3 is 2.65 bits per heavy atom. The highest BCUT2D eigenvalue weighted by atomic mass is 19.1. The molecule has 2 saturated carbocycles. The summed E-state index contributed by atoms with van der Waals surface area (Å²) in [5.74, 6) is 1.23. The van der Waals surface area contributed by atoms with Crippen molar-refractivity contribution >= 4 is 17.3 Å². The van der Waals surface area contributed by atoms with E-state index in [0.717, 1.165) is 44.0 Å². The van der Waals surface area contributed by atoms with Crippen LogP contribution in [-0.2, 0) is 4.79 Å². The number of amides is 1. The van der Waals surface area contributed by atoms with E-state index in [9.17, 15) is 9.18 Å². The molecule has 3 atom stereocenters. The van der Waals surface area contributed by atoms with Gasteiger partial charge < -0.3 is 10.2 Å². The highest BCUT2D eigenvalue weighted by Gasteiger charge is 2.43. The molecule has 0 spiro atoms. The van der Waals surface area contributed by atoms with E-state index in [-0.39, 0.29) is 17.6 Å². The monoisotopic (exact) mass is 316 g/mol. The molecule has 1 saturated heterocycles. The Bertz CT molecular complexity index is 597. The third kappa shape index (κ3) is 2.96. The molecule has 1 amide bonds. The first kappa shape index (κ1) is 15.0. The molecule has 124 valence electrons. The number of carbonyl (C=O) groups excluding carboxylic acids is 1. The molecule has 1 aromatic rings. The van der Waals surface area contributed by atoms with Gasteiger partial charge in [0.15, 0.2) is 0 Å². The Morgan fingerprint density at radius 2 is 1.96 bits per heavy atom. The number of halogens is 1. The van der Waals surface area contributed by atoms with Gasteiger partial charge in [0.1, 0.15) is 5.82 Å². The molecule has 4 heteroatoms. The Labute approximate surface area is 137 Å². The lowest BCUT2D eigenvalue weighted by molar-refractivity contribution is -0.121. The van der Waals surface area contributed by atoms with E-state index >= 15 is 0 Å². The molecular weight excluding hydrogens is 291 g/mol. The number of piperidine rings is 1. The lowest BCUT2D eigenvalue weighted by atomic mass is 9.88. The van der Waals surface area contributed by atoms with Crippen LogP contribution < -0.4 is 10.2 Å². The van der Waals surface area contributed by atoms with E-state index in [1.54, 1.807) is 0 Å². The zero-order chi connectivity index (χ0) is 15.8. The average Bonchev–Trinajstić information content (AvgIpc) is 3.19. The topological polar surface area (TPSA) is 32.3 Å². The van der Waals surface area contributed by atoms with Crippen LogP contribution in [0.25, 0.3) is 0 Å². The number of benzene rings is 1. The standard InChI is InChI=1S/C19H25FN2O/c20-15-6-7-18(22-8-2-1-3-9-22)17(12-15)21-19(23)16-11-13-4-5-14(16)10-13/h6-7,12-14,16H,1-5,8-11H2,(H,21,23). The quantitative estimate of drug-likeness (QED) is 0.907. The van der Waals surface area contributed by atoms with Crippen molar-refractivity contribution in [2.45, 2.75) is 44.9 Å². The summed E-state index contributed by atoms with van der Waals surface area (Å²) >= 11 is 0. The molecule has 1 aromatic carbocycles. The fraction of sp³-hybridized carbons (Fsp3) is 0.632. The van der Waals surface area contributed by atoms with Crippen LogP contribution in [0.2, 0.25) is 0 Å². The van der Waals surface area contributed by atoms with Gasteiger partial charge in [-0.2, -0.15) is 0 Å². The van der Waals surface area contributed by atoms with E-state index in [4.69, 9.17) is 0 Å². The van der Waals surface area contributed by atoms with Gasteiger partial charge in [0.05, 0.1) is 11.4 Å².